The SMILES string of the molecule is COCCn1nc(C2CCCN2S(=O)(=O)c2ccc(OC)cc2)c2c1CCOC2. The van der Waals surface area contributed by atoms with Crippen molar-refractivity contribution < 1.29 is 22.6 Å². The van der Waals surface area contributed by atoms with Crippen LogP contribution in [0, 0.1) is 0 Å². The minimum absolute atomic E-state index is 0.272. The van der Waals surface area contributed by atoms with Crippen LogP contribution in [-0.2, 0) is 39.1 Å². The average Bonchev–Trinajstić information content (AvgIpc) is 3.37. The number of methoxy groups -OCH3 is 2. The molecule has 2 aromatic rings. The number of rotatable bonds is 7. The fourth-order valence-electron chi connectivity index (χ4n) is 4.15. The molecule has 0 N–H and O–H groups in total. The van der Waals surface area contributed by atoms with Crippen LogP contribution in [-0.4, -0.2) is 56.5 Å². The predicted octanol–water partition coefficient (Wildman–Crippen LogP) is 2.14. The molecule has 29 heavy (non-hydrogen) atoms. The molecule has 4 rings (SSSR count). The number of nitrogens with zero attached hydrogens (tertiary/aromatic N) is 3. The Morgan fingerprint density at radius 2 is 2.03 bits per heavy atom. The standard InChI is InChI=1S/C20H27N3O5S/c1-26-13-11-22-18-9-12-28-14-17(18)20(21-22)19-4-3-10-23(19)29(24,25)16-7-5-15(27-2)6-8-16/h5-8,19H,3-4,9-14H2,1-2H3. The van der Waals surface area contributed by atoms with Gasteiger partial charge in [-0.25, -0.2) is 8.42 Å². The van der Waals surface area contributed by atoms with Gasteiger partial charge in [0.05, 0.1) is 50.1 Å². The molecule has 0 radical (unpaired) electrons. The van der Waals surface area contributed by atoms with Crippen molar-refractivity contribution in [3.05, 3.63) is 41.2 Å². The van der Waals surface area contributed by atoms with Crippen LogP contribution in [0.1, 0.15) is 35.8 Å². The topological polar surface area (TPSA) is 82.9 Å². The van der Waals surface area contributed by atoms with Crippen LogP contribution in [0.2, 0.25) is 0 Å². The van der Waals surface area contributed by atoms with Gasteiger partial charge in [-0.05, 0) is 37.1 Å². The summed E-state index contributed by atoms with van der Waals surface area (Å²) in [5.74, 6) is 0.630. The largest absolute Gasteiger partial charge is 0.497 e. The molecule has 2 aliphatic rings. The summed E-state index contributed by atoms with van der Waals surface area (Å²) in [5.41, 5.74) is 3.00. The summed E-state index contributed by atoms with van der Waals surface area (Å²) in [7, 11) is -0.405. The lowest BCUT2D eigenvalue weighted by molar-refractivity contribution is 0.106. The van der Waals surface area contributed by atoms with E-state index in [-0.39, 0.29) is 10.9 Å². The van der Waals surface area contributed by atoms with Gasteiger partial charge >= 0.3 is 0 Å². The van der Waals surface area contributed by atoms with Crippen LogP contribution >= 0.6 is 0 Å². The minimum Gasteiger partial charge on any atom is -0.497 e. The lowest BCUT2D eigenvalue weighted by Gasteiger charge is -2.24. The van der Waals surface area contributed by atoms with Gasteiger partial charge in [0.2, 0.25) is 10.0 Å². The molecule has 0 bridgehead atoms. The number of hydrogen-bond donors (Lipinski definition) is 0. The maximum atomic E-state index is 13.4. The number of hydrogen-bond acceptors (Lipinski definition) is 6. The highest BCUT2D eigenvalue weighted by Crippen LogP contribution is 2.39. The molecular weight excluding hydrogens is 394 g/mol. The van der Waals surface area contributed by atoms with Gasteiger partial charge in [0.1, 0.15) is 5.75 Å². The summed E-state index contributed by atoms with van der Waals surface area (Å²) in [6, 6.07) is 6.26. The molecule has 158 valence electrons. The quantitative estimate of drug-likeness (QED) is 0.681. The first-order valence-corrected chi connectivity index (χ1v) is 11.3. The second-order valence-electron chi connectivity index (χ2n) is 7.28. The normalized spacial score (nSPS) is 20.0. The second-order valence-corrected chi connectivity index (χ2v) is 9.17. The first kappa shape index (κ1) is 20.3. The van der Waals surface area contributed by atoms with E-state index in [0.29, 0.717) is 38.7 Å². The molecule has 8 nitrogen and oxygen atoms in total. The minimum atomic E-state index is -3.63. The van der Waals surface area contributed by atoms with Crippen molar-refractivity contribution in [3.8, 4) is 5.75 Å². The lowest BCUT2D eigenvalue weighted by atomic mass is 10.0. The zero-order valence-electron chi connectivity index (χ0n) is 16.8. The van der Waals surface area contributed by atoms with Gasteiger partial charge in [-0.1, -0.05) is 0 Å². The average molecular weight is 422 g/mol. The van der Waals surface area contributed by atoms with Crippen LogP contribution in [0.25, 0.3) is 0 Å². The summed E-state index contributed by atoms with van der Waals surface area (Å²) in [6.07, 6.45) is 2.34. The first-order chi connectivity index (χ1) is 14.1. The highest BCUT2D eigenvalue weighted by atomic mass is 32.2. The fraction of sp³-hybridized carbons (Fsp3) is 0.550. The van der Waals surface area contributed by atoms with Crippen molar-refractivity contribution in [1.29, 1.82) is 0 Å². The van der Waals surface area contributed by atoms with E-state index in [1.807, 2.05) is 4.68 Å². The van der Waals surface area contributed by atoms with Crippen molar-refractivity contribution >= 4 is 10.0 Å². The molecule has 3 heterocycles. The molecule has 1 aromatic heterocycles. The summed E-state index contributed by atoms with van der Waals surface area (Å²) in [4.78, 5) is 0.272. The van der Waals surface area contributed by atoms with E-state index in [1.54, 1.807) is 42.8 Å². The van der Waals surface area contributed by atoms with E-state index in [0.717, 1.165) is 36.2 Å². The lowest BCUT2D eigenvalue weighted by Crippen LogP contribution is -2.31. The fourth-order valence-corrected chi connectivity index (χ4v) is 5.81. The number of sulfonamides is 1. The molecule has 0 amide bonds. The van der Waals surface area contributed by atoms with Crippen LogP contribution in [0.15, 0.2) is 29.2 Å². The molecule has 0 saturated carbocycles. The van der Waals surface area contributed by atoms with Crippen molar-refractivity contribution in [2.75, 3.05) is 34.0 Å². The molecule has 2 aliphatic heterocycles. The highest BCUT2D eigenvalue weighted by molar-refractivity contribution is 7.89. The third-order valence-corrected chi connectivity index (χ3v) is 7.54. The number of benzene rings is 1. The number of ether oxygens (including phenoxy) is 3. The van der Waals surface area contributed by atoms with E-state index in [1.165, 1.54) is 0 Å². The Balaban J connectivity index is 1.68. The molecule has 9 heteroatoms. The Bertz CT molecular complexity index is 955. The molecular formula is C20H27N3O5S. The van der Waals surface area contributed by atoms with Gasteiger partial charge in [-0.15, -0.1) is 0 Å². The van der Waals surface area contributed by atoms with Gasteiger partial charge in [-0.2, -0.15) is 9.40 Å². The highest BCUT2D eigenvalue weighted by Gasteiger charge is 2.40. The van der Waals surface area contributed by atoms with E-state index in [4.69, 9.17) is 19.3 Å². The van der Waals surface area contributed by atoms with E-state index < -0.39 is 10.0 Å². The summed E-state index contributed by atoms with van der Waals surface area (Å²) < 4.78 is 46.3. The smallest absolute Gasteiger partial charge is 0.243 e. The molecule has 1 aromatic carbocycles. The molecule has 1 fully saturated rings. The monoisotopic (exact) mass is 421 g/mol. The van der Waals surface area contributed by atoms with E-state index >= 15 is 0 Å². The van der Waals surface area contributed by atoms with E-state index in [9.17, 15) is 8.42 Å². The molecule has 0 spiro atoms. The third kappa shape index (κ3) is 3.79. The predicted molar refractivity (Wildman–Crippen MR) is 106 cm³/mol. The maximum Gasteiger partial charge on any atom is 0.243 e. The van der Waals surface area contributed by atoms with Crippen molar-refractivity contribution in [2.45, 2.75) is 43.4 Å². The Labute approximate surface area is 171 Å². The van der Waals surface area contributed by atoms with Gasteiger partial charge in [0, 0.05) is 31.3 Å². The second kappa shape index (κ2) is 8.43. The maximum absolute atomic E-state index is 13.4. The Morgan fingerprint density at radius 3 is 2.76 bits per heavy atom. The Hall–Kier alpha value is -1.94. The molecule has 1 unspecified atom stereocenters. The summed E-state index contributed by atoms with van der Waals surface area (Å²) in [5, 5.41) is 4.83. The van der Waals surface area contributed by atoms with Crippen LogP contribution in [0.4, 0.5) is 0 Å². The summed E-state index contributed by atoms with van der Waals surface area (Å²) in [6.45, 7) is 2.83. The Morgan fingerprint density at radius 1 is 1.24 bits per heavy atom. The molecule has 0 aliphatic carbocycles. The van der Waals surface area contributed by atoms with Crippen molar-refractivity contribution in [1.82, 2.24) is 14.1 Å². The zero-order valence-corrected chi connectivity index (χ0v) is 17.7. The number of aromatic nitrogens is 2. The first-order valence-electron chi connectivity index (χ1n) is 9.87. The van der Waals surface area contributed by atoms with Gasteiger partial charge in [-0.3, -0.25) is 4.68 Å². The third-order valence-electron chi connectivity index (χ3n) is 5.62. The van der Waals surface area contributed by atoms with Crippen LogP contribution in [0.5, 0.6) is 5.75 Å². The van der Waals surface area contributed by atoms with E-state index in [2.05, 4.69) is 0 Å². The van der Waals surface area contributed by atoms with Crippen LogP contribution < -0.4 is 4.74 Å². The summed E-state index contributed by atoms with van der Waals surface area (Å²) >= 11 is 0. The van der Waals surface area contributed by atoms with Crippen LogP contribution in [0.3, 0.4) is 0 Å². The molecule has 1 atom stereocenters. The van der Waals surface area contributed by atoms with Crippen molar-refractivity contribution in [3.63, 3.8) is 0 Å². The Kier molecular flexibility index (Phi) is 5.91. The zero-order chi connectivity index (χ0) is 20.4. The van der Waals surface area contributed by atoms with Crippen molar-refractivity contribution in [2.24, 2.45) is 0 Å². The van der Waals surface area contributed by atoms with Gasteiger partial charge < -0.3 is 14.2 Å². The van der Waals surface area contributed by atoms with Gasteiger partial charge in [0.15, 0.2) is 0 Å². The molecule has 1 saturated heterocycles. The van der Waals surface area contributed by atoms with Gasteiger partial charge in [0.25, 0.3) is 0 Å². The number of fused-ring (bicyclic) bond motifs is 1.